The third-order valence-corrected chi connectivity index (χ3v) is 5.88. The molecule has 0 aliphatic carbocycles. The van der Waals surface area contributed by atoms with Crippen molar-refractivity contribution < 1.29 is 19.1 Å². The normalized spacial score (nSPS) is 10.9. The van der Waals surface area contributed by atoms with Crippen molar-refractivity contribution in [1.82, 2.24) is 19.8 Å². The van der Waals surface area contributed by atoms with Gasteiger partial charge in [0, 0.05) is 31.1 Å². The number of aromatic nitrogens is 2. The third kappa shape index (κ3) is 6.78. The molecule has 0 aliphatic heterocycles. The number of hydrogen-bond donors (Lipinski definition) is 2. The Hall–Kier alpha value is -4.08. The van der Waals surface area contributed by atoms with Crippen LogP contribution in [-0.2, 0) is 29.2 Å². The lowest BCUT2D eigenvalue weighted by atomic mass is 10.2. The molecule has 0 radical (unpaired) electrons. The molecule has 198 valence electrons. The number of para-hydroxylation sites is 2. The van der Waals surface area contributed by atoms with Gasteiger partial charge in [-0.25, -0.2) is 4.79 Å². The van der Waals surface area contributed by atoms with E-state index in [-0.39, 0.29) is 31.6 Å². The molecule has 1 aromatic heterocycles. The molecule has 0 fully saturated rings. The number of nitrogens with zero attached hydrogens (tertiary/aromatic N) is 2. The lowest BCUT2D eigenvalue weighted by molar-refractivity contribution is -0.122. The molecular weight excluding hydrogens is 476 g/mol. The molecule has 1 heterocycles. The van der Waals surface area contributed by atoms with Crippen LogP contribution in [0.4, 0.5) is 0 Å². The summed E-state index contributed by atoms with van der Waals surface area (Å²) in [7, 11) is 3.06. The highest BCUT2D eigenvalue weighted by atomic mass is 16.5. The summed E-state index contributed by atoms with van der Waals surface area (Å²) in [6.07, 6.45) is 1.31. The molecule has 10 nitrogen and oxygen atoms in total. The molecule has 0 unspecified atom stereocenters. The first-order valence-corrected chi connectivity index (χ1v) is 12.2. The van der Waals surface area contributed by atoms with Crippen molar-refractivity contribution in [3.63, 3.8) is 0 Å². The van der Waals surface area contributed by atoms with Gasteiger partial charge in [0.05, 0.1) is 25.1 Å². The van der Waals surface area contributed by atoms with Gasteiger partial charge in [-0.05, 0) is 44.9 Å². The van der Waals surface area contributed by atoms with E-state index in [0.29, 0.717) is 41.7 Å². The van der Waals surface area contributed by atoms with E-state index in [2.05, 4.69) is 10.6 Å². The van der Waals surface area contributed by atoms with Crippen LogP contribution in [0.25, 0.3) is 10.9 Å². The number of rotatable bonds is 12. The molecule has 0 saturated carbocycles. The van der Waals surface area contributed by atoms with Gasteiger partial charge in [-0.15, -0.1) is 0 Å². The van der Waals surface area contributed by atoms with Crippen LogP contribution in [0.3, 0.4) is 0 Å². The molecule has 0 spiro atoms. The van der Waals surface area contributed by atoms with E-state index < -0.39 is 17.2 Å². The van der Waals surface area contributed by atoms with E-state index in [9.17, 15) is 19.2 Å². The van der Waals surface area contributed by atoms with Crippen LogP contribution < -0.4 is 31.4 Å². The lowest BCUT2D eigenvalue weighted by Crippen LogP contribution is -2.42. The maximum Gasteiger partial charge on any atom is 0.331 e. The van der Waals surface area contributed by atoms with Crippen molar-refractivity contribution in [2.45, 2.75) is 58.8 Å². The molecule has 3 rings (SSSR count). The van der Waals surface area contributed by atoms with E-state index in [4.69, 9.17) is 9.47 Å². The molecule has 2 aromatic carbocycles. The maximum absolute atomic E-state index is 13.3. The number of unbranched alkanes of at least 4 members (excludes halogenated alkanes) is 1. The summed E-state index contributed by atoms with van der Waals surface area (Å²) in [5.74, 6) is 0.601. The van der Waals surface area contributed by atoms with Gasteiger partial charge in [0.2, 0.25) is 11.8 Å². The molecule has 2 amide bonds. The van der Waals surface area contributed by atoms with Gasteiger partial charge in [0.25, 0.3) is 5.56 Å². The van der Waals surface area contributed by atoms with E-state index in [1.54, 1.807) is 36.4 Å². The van der Waals surface area contributed by atoms with Crippen LogP contribution in [0.15, 0.2) is 52.1 Å². The Kier molecular flexibility index (Phi) is 9.48. The second-order valence-electron chi connectivity index (χ2n) is 8.95. The smallest absolute Gasteiger partial charge is 0.331 e. The van der Waals surface area contributed by atoms with Crippen LogP contribution in [-0.4, -0.2) is 41.2 Å². The van der Waals surface area contributed by atoms with E-state index >= 15 is 0 Å². The molecule has 3 aromatic rings. The Balaban J connectivity index is 1.78. The topological polar surface area (TPSA) is 121 Å². The van der Waals surface area contributed by atoms with Gasteiger partial charge in [0.15, 0.2) is 11.5 Å². The highest BCUT2D eigenvalue weighted by Gasteiger charge is 2.16. The summed E-state index contributed by atoms with van der Waals surface area (Å²) in [4.78, 5) is 51.1. The SMILES string of the molecule is COc1cccc(CNC(=O)Cn2c(=O)n(CCCCC(=O)NC(C)C)c(=O)c3ccccc32)c1OC. The number of nitrogens with one attached hydrogen (secondary N) is 2. The molecule has 0 aliphatic rings. The van der Waals surface area contributed by atoms with Gasteiger partial charge in [-0.2, -0.15) is 0 Å². The minimum absolute atomic E-state index is 0.0546. The number of methoxy groups -OCH3 is 2. The zero-order chi connectivity index (χ0) is 26.9. The van der Waals surface area contributed by atoms with E-state index in [1.165, 1.54) is 18.8 Å². The van der Waals surface area contributed by atoms with Crippen LogP contribution in [0.1, 0.15) is 38.7 Å². The minimum atomic E-state index is -0.565. The van der Waals surface area contributed by atoms with Gasteiger partial charge in [-0.3, -0.25) is 23.5 Å². The zero-order valence-electron chi connectivity index (χ0n) is 21.7. The predicted molar refractivity (Wildman–Crippen MR) is 141 cm³/mol. The standard InChI is InChI=1S/C27H34N4O6/c1-18(2)29-23(32)14-7-8-15-30-26(34)20-11-5-6-12-21(20)31(27(30)35)17-24(33)28-16-19-10-9-13-22(36-3)25(19)37-4/h5-6,9-13,18H,7-8,14-17H2,1-4H3,(H,28,33)(H,29,32). The van der Waals surface area contributed by atoms with E-state index in [1.807, 2.05) is 19.9 Å². The Morgan fingerprint density at radius 1 is 0.919 bits per heavy atom. The average Bonchev–Trinajstić information content (AvgIpc) is 2.88. The van der Waals surface area contributed by atoms with Crippen molar-refractivity contribution in [2.75, 3.05) is 14.2 Å². The average molecular weight is 511 g/mol. The van der Waals surface area contributed by atoms with Crippen molar-refractivity contribution in [1.29, 1.82) is 0 Å². The van der Waals surface area contributed by atoms with Crippen LogP contribution in [0.2, 0.25) is 0 Å². The minimum Gasteiger partial charge on any atom is -0.493 e. The Bertz CT molecular complexity index is 1380. The number of carbonyl (C=O) groups excluding carboxylic acids is 2. The summed E-state index contributed by atoms with van der Waals surface area (Å²) >= 11 is 0. The number of hydrogen-bond acceptors (Lipinski definition) is 6. The maximum atomic E-state index is 13.3. The molecule has 2 N–H and O–H groups in total. The summed E-state index contributed by atoms with van der Waals surface area (Å²) in [5, 5.41) is 5.99. The van der Waals surface area contributed by atoms with Gasteiger partial charge >= 0.3 is 5.69 Å². The summed E-state index contributed by atoms with van der Waals surface area (Å²) in [5.41, 5.74) is 0.132. The fraction of sp³-hybridized carbons (Fsp3) is 0.407. The molecule has 0 atom stereocenters. The quantitative estimate of drug-likeness (QED) is 0.361. The summed E-state index contributed by atoms with van der Waals surface area (Å²) in [6.45, 7) is 3.84. The van der Waals surface area contributed by atoms with Crippen molar-refractivity contribution >= 4 is 22.7 Å². The molecular formula is C27H34N4O6. The predicted octanol–water partition coefficient (Wildman–Crippen LogP) is 2.19. The van der Waals surface area contributed by atoms with Crippen molar-refractivity contribution in [3.05, 3.63) is 68.9 Å². The third-order valence-electron chi connectivity index (χ3n) is 5.88. The second kappa shape index (κ2) is 12.8. The fourth-order valence-corrected chi connectivity index (χ4v) is 4.16. The molecule has 0 saturated heterocycles. The highest BCUT2D eigenvalue weighted by Crippen LogP contribution is 2.30. The van der Waals surface area contributed by atoms with Gasteiger partial charge in [-0.1, -0.05) is 24.3 Å². The second-order valence-corrected chi connectivity index (χ2v) is 8.95. The number of amides is 2. The Labute approximate surface area is 215 Å². The molecule has 0 bridgehead atoms. The van der Waals surface area contributed by atoms with Crippen LogP contribution in [0.5, 0.6) is 11.5 Å². The van der Waals surface area contributed by atoms with E-state index in [0.717, 1.165) is 10.1 Å². The molecule has 37 heavy (non-hydrogen) atoms. The van der Waals surface area contributed by atoms with Crippen LogP contribution in [0, 0.1) is 0 Å². The van der Waals surface area contributed by atoms with Gasteiger partial charge in [0.1, 0.15) is 6.54 Å². The number of ether oxygens (including phenoxy) is 2. The largest absolute Gasteiger partial charge is 0.493 e. The first kappa shape index (κ1) is 27.5. The number of benzene rings is 2. The van der Waals surface area contributed by atoms with Crippen molar-refractivity contribution in [2.24, 2.45) is 0 Å². The van der Waals surface area contributed by atoms with Crippen molar-refractivity contribution in [3.8, 4) is 11.5 Å². The number of fused-ring (bicyclic) bond motifs is 1. The summed E-state index contributed by atoms with van der Waals surface area (Å²) < 4.78 is 13.2. The zero-order valence-corrected chi connectivity index (χ0v) is 21.7. The fourth-order valence-electron chi connectivity index (χ4n) is 4.16. The lowest BCUT2D eigenvalue weighted by Gasteiger charge is -2.15. The first-order valence-electron chi connectivity index (χ1n) is 12.2. The summed E-state index contributed by atoms with van der Waals surface area (Å²) in [6, 6.07) is 12.1. The Morgan fingerprint density at radius 2 is 1.68 bits per heavy atom. The number of carbonyl (C=O) groups is 2. The first-order chi connectivity index (χ1) is 17.8. The highest BCUT2D eigenvalue weighted by molar-refractivity contribution is 5.81. The van der Waals surface area contributed by atoms with Crippen LogP contribution >= 0.6 is 0 Å². The molecule has 10 heteroatoms. The Morgan fingerprint density at radius 3 is 2.38 bits per heavy atom. The van der Waals surface area contributed by atoms with Gasteiger partial charge < -0.3 is 20.1 Å². The monoisotopic (exact) mass is 510 g/mol.